The second kappa shape index (κ2) is 5.19. The fraction of sp³-hybridized carbons (Fsp3) is 0. The van der Waals surface area contributed by atoms with E-state index in [1.165, 1.54) is 0 Å². The third-order valence-corrected chi connectivity index (χ3v) is 4.32. The van der Waals surface area contributed by atoms with Gasteiger partial charge in [0.25, 0.3) is 0 Å². The van der Waals surface area contributed by atoms with Gasteiger partial charge in [0.1, 0.15) is 11.5 Å². The average Bonchev–Trinajstić information content (AvgIpc) is 2.59. The number of ether oxygens (including phenoxy) is 2. The monoisotopic (exact) mass is 292 g/mol. The summed E-state index contributed by atoms with van der Waals surface area (Å²) in [4.78, 5) is 2.15. The van der Waals surface area contributed by atoms with E-state index in [1.54, 1.807) is 11.8 Å². The van der Waals surface area contributed by atoms with Gasteiger partial charge in [0.05, 0.1) is 9.79 Å². The fourth-order valence-corrected chi connectivity index (χ4v) is 3.16. The summed E-state index contributed by atoms with van der Waals surface area (Å²) in [5.74, 6) is 3.13. The van der Waals surface area contributed by atoms with Gasteiger partial charge in [0, 0.05) is 0 Å². The fourth-order valence-electron chi connectivity index (χ4n) is 2.21. The van der Waals surface area contributed by atoms with E-state index in [9.17, 15) is 0 Å². The Kier molecular flexibility index (Phi) is 3.05. The number of fused-ring (bicyclic) bond motifs is 3. The Balaban J connectivity index is 1.94. The number of rotatable bonds is 0. The van der Waals surface area contributed by atoms with Gasteiger partial charge in [-0.05, 0) is 36.4 Å². The molecule has 0 amide bonds. The van der Waals surface area contributed by atoms with Crippen LogP contribution in [-0.2, 0) is 0 Å². The zero-order valence-electron chi connectivity index (χ0n) is 11.2. The Hall–Kier alpha value is -2.39. The van der Waals surface area contributed by atoms with Gasteiger partial charge in [-0.3, -0.25) is 0 Å². The molecular formula is C18H12O2S. The van der Waals surface area contributed by atoms with Gasteiger partial charge < -0.3 is 9.47 Å². The summed E-state index contributed by atoms with van der Waals surface area (Å²) in [6, 6.07) is 23.8. The molecular weight excluding hydrogens is 280 g/mol. The molecule has 0 fully saturated rings. The maximum absolute atomic E-state index is 6.05. The second-order valence-electron chi connectivity index (χ2n) is 4.65. The zero-order valence-corrected chi connectivity index (χ0v) is 12.0. The van der Waals surface area contributed by atoms with Crippen molar-refractivity contribution >= 4 is 11.8 Å². The van der Waals surface area contributed by atoms with Crippen molar-refractivity contribution in [1.29, 1.82) is 0 Å². The van der Waals surface area contributed by atoms with Crippen molar-refractivity contribution in [2.45, 2.75) is 9.79 Å². The molecule has 1 aliphatic heterocycles. The molecule has 0 saturated carbocycles. The summed E-state index contributed by atoms with van der Waals surface area (Å²) >= 11 is 1.65. The molecule has 0 aliphatic carbocycles. The Morgan fingerprint density at radius 1 is 0.476 bits per heavy atom. The summed E-state index contributed by atoms with van der Waals surface area (Å²) in [6.45, 7) is 0. The number of para-hydroxylation sites is 4. The van der Waals surface area contributed by atoms with Crippen LogP contribution in [0.15, 0.2) is 82.6 Å². The van der Waals surface area contributed by atoms with Gasteiger partial charge in [-0.15, -0.1) is 0 Å². The molecule has 1 heterocycles. The maximum Gasteiger partial charge on any atom is 0.170 e. The van der Waals surface area contributed by atoms with Crippen molar-refractivity contribution in [3.63, 3.8) is 0 Å². The molecule has 0 radical (unpaired) electrons. The molecule has 0 atom stereocenters. The standard InChI is InChI=1S/C18H12O2S/c1-2-8-14-13(7-1)19-15-9-3-5-11-17(15)21-18-12-6-4-10-16(18)20-14/h1-12H. The molecule has 3 aromatic rings. The lowest BCUT2D eigenvalue weighted by Gasteiger charge is -2.11. The van der Waals surface area contributed by atoms with Gasteiger partial charge in [-0.25, -0.2) is 0 Å². The van der Waals surface area contributed by atoms with Gasteiger partial charge in [-0.1, -0.05) is 48.2 Å². The minimum absolute atomic E-state index is 0.724. The van der Waals surface area contributed by atoms with E-state index in [0.29, 0.717) is 0 Å². The Morgan fingerprint density at radius 2 is 0.857 bits per heavy atom. The van der Waals surface area contributed by atoms with Gasteiger partial charge in [0.2, 0.25) is 0 Å². The van der Waals surface area contributed by atoms with Gasteiger partial charge >= 0.3 is 0 Å². The molecule has 0 bridgehead atoms. The summed E-state index contributed by atoms with van der Waals surface area (Å²) in [5.41, 5.74) is 0. The van der Waals surface area contributed by atoms with Crippen LogP contribution >= 0.6 is 11.8 Å². The molecule has 0 N–H and O–H groups in total. The highest BCUT2D eigenvalue weighted by Gasteiger charge is 2.16. The van der Waals surface area contributed by atoms with Crippen molar-refractivity contribution < 1.29 is 9.47 Å². The average molecular weight is 292 g/mol. The topological polar surface area (TPSA) is 18.5 Å². The molecule has 21 heavy (non-hydrogen) atoms. The van der Waals surface area contributed by atoms with Crippen molar-refractivity contribution in [3.8, 4) is 23.0 Å². The van der Waals surface area contributed by atoms with E-state index in [1.807, 2.05) is 60.7 Å². The molecule has 2 nitrogen and oxygen atoms in total. The molecule has 3 heteroatoms. The van der Waals surface area contributed by atoms with Crippen LogP contribution in [0.2, 0.25) is 0 Å². The first-order valence-electron chi connectivity index (χ1n) is 6.71. The van der Waals surface area contributed by atoms with Crippen LogP contribution in [0.4, 0.5) is 0 Å². The molecule has 1 aliphatic rings. The van der Waals surface area contributed by atoms with E-state index in [2.05, 4.69) is 12.1 Å². The van der Waals surface area contributed by atoms with Gasteiger partial charge in [-0.2, -0.15) is 0 Å². The van der Waals surface area contributed by atoms with Crippen LogP contribution < -0.4 is 9.47 Å². The quantitative estimate of drug-likeness (QED) is 0.412. The van der Waals surface area contributed by atoms with Crippen molar-refractivity contribution in [2.24, 2.45) is 0 Å². The number of benzene rings is 3. The van der Waals surface area contributed by atoms with Gasteiger partial charge in [0.15, 0.2) is 11.5 Å². The van der Waals surface area contributed by atoms with Crippen LogP contribution in [0.1, 0.15) is 0 Å². The minimum atomic E-state index is 0.724. The third kappa shape index (κ3) is 2.36. The SMILES string of the molecule is c1ccc2c(c1)Oc1ccccc1Sc1ccccc1O2. The largest absolute Gasteiger partial charge is 0.452 e. The Labute approximate surface area is 127 Å². The molecule has 3 aromatic carbocycles. The minimum Gasteiger partial charge on any atom is -0.452 e. The van der Waals surface area contributed by atoms with E-state index in [0.717, 1.165) is 32.8 Å². The van der Waals surface area contributed by atoms with Crippen LogP contribution in [0.25, 0.3) is 0 Å². The number of hydrogen-bond donors (Lipinski definition) is 0. The molecule has 0 spiro atoms. The first kappa shape index (κ1) is 12.4. The second-order valence-corrected chi connectivity index (χ2v) is 5.73. The van der Waals surface area contributed by atoms with Crippen molar-refractivity contribution in [1.82, 2.24) is 0 Å². The van der Waals surface area contributed by atoms with E-state index >= 15 is 0 Å². The summed E-state index contributed by atoms with van der Waals surface area (Å²) < 4.78 is 12.1. The lowest BCUT2D eigenvalue weighted by atomic mass is 10.3. The first-order chi connectivity index (χ1) is 10.4. The highest BCUT2D eigenvalue weighted by molar-refractivity contribution is 7.99. The highest BCUT2D eigenvalue weighted by atomic mass is 32.2. The van der Waals surface area contributed by atoms with Crippen molar-refractivity contribution in [2.75, 3.05) is 0 Å². The lowest BCUT2D eigenvalue weighted by Crippen LogP contribution is -1.89. The van der Waals surface area contributed by atoms with Crippen LogP contribution in [0.5, 0.6) is 23.0 Å². The molecule has 102 valence electrons. The summed E-state index contributed by atoms with van der Waals surface area (Å²) in [6.07, 6.45) is 0. The predicted octanol–water partition coefficient (Wildman–Crippen LogP) is 5.74. The molecule has 0 saturated heterocycles. The van der Waals surface area contributed by atoms with E-state index in [4.69, 9.17) is 9.47 Å². The summed E-state index contributed by atoms with van der Waals surface area (Å²) in [7, 11) is 0. The van der Waals surface area contributed by atoms with Crippen LogP contribution in [0, 0.1) is 0 Å². The number of hydrogen-bond acceptors (Lipinski definition) is 3. The first-order valence-corrected chi connectivity index (χ1v) is 7.52. The highest BCUT2D eigenvalue weighted by Crippen LogP contribution is 2.46. The van der Waals surface area contributed by atoms with Crippen LogP contribution in [0.3, 0.4) is 0 Å². The smallest absolute Gasteiger partial charge is 0.170 e. The van der Waals surface area contributed by atoms with Crippen LogP contribution in [-0.4, -0.2) is 0 Å². The van der Waals surface area contributed by atoms with Crippen molar-refractivity contribution in [3.05, 3.63) is 72.8 Å². The maximum atomic E-state index is 6.05. The predicted molar refractivity (Wildman–Crippen MR) is 83.6 cm³/mol. The zero-order chi connectivity index (χ0) is 14.1. The third-order valence-electron chi connectivity index (χ3n) is 3.21. The normalized spacial score (nSPS) is 12.4. The summed E-state index contributed by atoms with van der Waals surface area (Å²) in [5, 5.41) is 0. The Morgan fingerprint density at radius 3 is 1.33 bits per heavy atom. The molecule has 0 unspecified atom stereocenters. The molecule has 0 aromatic heterocycles. The van der Waals surface area contributed by atoms with E-state index < -0.39 is 0 Å². The molecule has 4 rings (SSSR count). The lowest BCUT2D eigenvalue weighted by molar-refractivity contribution is 0.411. The Bertz CT molecular complexity index is 627. The van der Waals surface area contributed by atoms with E-state index in [-0.39, 0.29) is 0 Å².